The lowest BCUT2D eigenvalue weighted by Gasteiger charge is -2.38. The SMILES string of the molecule is COc1ccc(NC(=O)Nc2cccc3c2O[C@@H](CN(C)Cc2ccc(C(F)(F)F)cc2)[C@H](C)CN([C@H](C)CO)C3=O)cc1. The van der Waals surface area contributed by atoms with E-state index in [-0.39, 0.29) is 35.4 Å². The molecule has 12 heteroatoms. The zero-order valence-corrected chi connectivity index (χ0v) is 25.0. The van der Waals surface area contributed by atoms with E-state index in [2.05, 4.69) is 10.6 Å². The molecule has 0 saturated heterocycles. The van der Waals surface area contributed by atoms with E-state index in [1.54, 1.807) is 61.4 Å². The maximum Gasteiger partial charge on any atom is 0.416 e. The third-order valence-corrected chi connectivity index (χ3v) is 7.51. The largest absolute Gasteiger partial charge is 0.497 e. The number of nitrogens with zero attached hydrogens (tertiary/aromatic N) is 2. The van der Waals surface area contributed by atoms with Crippen LogP contribution in [0.3, 0.4) is 0 Å². The summed E-state index contributed by atoms with van der Waals surface area (Å²) in [6.45, 7) is 4.46. The van der Waals surface area contributed by atoms with E-state index in [9.17, 15) is 27.9 Å². The Morgan fingerprint density at radius 3 is 2.41 bits per heavy atom. The number of alkyl halides is 3. The molecule has 1 aliphatic rings. The second-order valence-corrected chi connectivity index (χ2v) is 11.0. The smallest absolute Gasteiger partial charge is 0.416 e. The fraction of sp³-hybridized carbons (Fsp3) is 0.375. The maximum absolute atomic E-state index is 13.7. The first-order valence-electron chi connectivity index (χ1n) is 14.2. The molecule has 0 radical (unpaired) electrons. The van der Waals surface area contributed by atoms with Gasteiger partial charge in [-0.15, -0.1) is 0 Å². The highest BCUT2D eigenvalue weighted by atomic mass is 19.4. The molecule has 0 fully saturated rings. The standard InChI is InChI=1S/C32H37F3N4O5/c1-20-16-39(21(2)19-40)30(41)26-6-5-7-27(37-31(42)36-24-12-14-25(43-4)15-13-24)29(26)44-28(20)18-38(3)17-22-8-10-23(11-9-22)32(33,34)35/h5-15,20-21,28,40H,16-19H2,1-4H3,(H2,36,37,42)/t20-,21-,28+/m1/s1. The molecule has 1 heterocycles. The van der Waals surface area contributed by atoms with Gasteiger partial charge in [0.2, 0.25) is 0 Å². The maximum atomic E-state index is 13.7. The van der Waals surface area contributed by atoms with Gasteiger partial charge in [-0.2, -0.15) is 13.2 Å². The van der Waals surface area contributed by atoms with Crippen molar-refractivity contribution in [3.05, 3.63) is 83.4 Å². The molecule has 3 N–H and O–H groups in total. The highest BCUT2D eigenvalue weighted by Gasteiger charge is 2.35. The number of aliphatic hydroxyl groups is 1. The molecule has 0 saturated carbocycles. The third kappa shape index (κ3) is 8.00. The molecule has 0 aromatic heterocycles. The number of amides is 3. The fourth-order valence-electron chi connectivity index (χ4n) is 5.00. The van der Waals surface area contributed by atoms with Crippen LogP contribution in [0.1, 0.15) is 35.3 Å². The van der Waals surface area contributed by atoms with Crippen LogP contribution in [0.2, 0.25) is 0 Å². The minimum atomic E-state index is -4.41. The number of carbonyl (C=O) groups excluding carboxylic acids is 2. The first kappa shape index (κ1) is 32.6. The van der Waals surface area contributed by atoms with Crippen molar-refractivity contribution in [2.45, 2.75) is 38.7 Å². The number of halogens is 3. The minimum absolute atomic E-state index is 0.192. The van der Waals surface area contributed by atoms with E-state index in [4.69, 9.17) is 9.47 Å². The summed E-state index contributed by atoms with van der Waals surface area (Å²) in [5.74, 6) is 0.274. The van der Waals surface area contributed by atoms with Crippen LogP contribution in [0.25, 0.3) is 0 Å². The molecule has 3 amide bonds. The molecule has 0 bridgehead atoms. The average molecular weight is 615 g/mol. The molecule has 3 aromatic carbocycles. The molecular weight excluding hydrogens is 577 g/mol. The number of carbonyl (C=O) groups is 2. The van der Waals surface area contributed by atoms with Crippen LogP contribution in [0, 0.1) is 5.92 Å². The Hall–Kier alpha value is -4.29. The van der Waals surface area contributed by atoms with Gasteiger partial charge >= 0.3 is 12.2 Å². The normalized spacial score (nSPS) is 17.7. The van der Waals surface area contributed by atoms with Crippen LogP contribution in [-0.4, -0.2) is 72.8 Å². The monoisotopic (exact) mass is 614 g/mol. The van der Waals surface area contributed by atoms with E-state index in [1.165, 1.54) is 12.1 Å². The summed E-state index contributed by atoms with van der Waals surface area (Å²) >= 11 is 0. The highest BCUT2D eigenvalue weighted by Crippen LogP contribution is 2.35. The third-order valence-electron chi connectivity index (χ3n) is 7.51. The predicted octanol–water partition coefficient (Wildman–Crippen LogP) is 5.71. The molecule has 0 aliphatic carbocycles. The van der Waals surface area contributed by atoms with Crippen LogP contribution in [0.15, 0.2) is 66.7 Å². The second kappa shape index (κ2) is 14.0. The van der Waals surface area contributed by atoms with Crippen molar-refractivity contribution in [1.82, 2.24) is 9.80 Å². The Balaban J connectivity index is 1.59. The lowest BCUT2D eigenvalue weighted by Crippen LogP contribution is -2.49. The van der Waals surface area contributed by atoms with E-state index < -0.39 is 29.9 Å². The van der Waals surface area contributed by atoms with Crippen molar-refractivity contribution in [2.24, 2.45) is 5.92 Å². The fourth-order valence-corrected chi connectivity index (χ4v) is 5.00. The van der Waals surface area contributed by atoms with Gasteiger partial charge in [0.1, 0.15) is 11.9 Å². The summed E-state index contributed by atoms with van der Waals surface area (Å²) < 4.78 is 50.7. The summed E-state index contributed by atoms with van der Waals surface area (Å²) in [4.78, 5) is 30.2. The van der Waals surface area contributed by atoms with Gasteiger partial charge in [0.25, 0.3) is 5.91 Å². The molecule has 4 rings (SSSR count). The number of ether oxygens (including phenoxy) is 2. The second-order valence-electron chi connectivity index (χ2n) is 11.0. The van der Waals surface area contributed by atoms with Crippen molar-refractivity contribution in [3.8, 4) is 11.5 Å². The molecule has 0 spiro atoms. The van der Waals surface area contributed by atoms with Crippen LogP contribution in [0.5, 0.6) is 11.5 Å². The van der Waals surface area contributed by atoms with Gasteiger partial charge in [-0.25, -0.2) is 4.79 Å². The zero-order chi connectivity index (χ0) is 32.0. The Kier molecular flexibility index (Phi) is 10.4. The molecule has 1 aliphatic heterocycles. The van der Waals surface area contributed by atoms with Gasteiger partial charge in [-0.05, 0) is 68.1 Å². The number of para-hydroxylation sites is 1. The Bertz CT molecular complexity index is 1430. The Morgan fingerprint density at radius 2 is 1.80 bits per heavy atom. The van der Waals surface area contributed by atoms with E-state index in [0.717, 1.165) is 12.1 Å². The summed E-state index contributed by atoms with van der Waals surface area (Å²) in [6, 6.07) is 15.7. The molecular formula is C32H37F3N4O5. The van der Waals surface area contributed by atoms with Gasteiger partial charge in [-0.3, -0.25) is 9.69 Å². The van der Waals surface area contributed by atoms with Crippen molar-refractivity contribution in [1.29, 1.82) is 0 Å². The minimum Gasteiger partial charge on any atom is -0.497 e. The number of hydrogen-bond donors (Lipinski definition) is 3. The average Bonchev–Trinajstić information content (AvgIpc) is 2.99. The van der Waals surface area contributed by atoms with Crippen LogP contribution < -0.4 is 20.1 Å². The number of hydrogen-bond acceptors (Lipinski definition) is 6. The first-order valence-corrected chi connectivity index (χ1v) is 14.2. The summed E-state index contributed by atoms with van der Waals surface area (Å²) in [5, 5.41) is 15.5. The first-order chi connectivity index (χ1) is 20.9. The number of benzene rings is 3. The summed E-state index contributed by atoms with van der Waals surface area (Å²) in [7, 11) is 3.38. The quantitative estimate of drug-likeness (QED) is 0.285. The van der Waals surface area contributed by atoms with Crippen molar-refractivity contribution in [2.75, 3.05) is 44.5 Å². The van der Waals surface area contributed by atoms with Crippen LogP contribution in [0.4, 0.5) is 29.3 Å². The number of urea groups is 1. The van der Waals surface area contributed by atoms with Crippen molar-refractivity contribution >= 4 is 23.3 Å². The Labute approximate surface area is 254 Å². The van der Waals surface area contributed by atoms with Crippen molar-refractivity contribution in [3.63, 3.8) is 0 Å². The molecule has 3 aromatic rings. The Morgan fingerprint density at radius 1 is 1.11 bits per heavy atom. The molecule has 0 unspecified atom stereocenters. The number of rotatable bonds is 9. The number of nitrogens with one attached hydrogen (secondary N) is 2. The highest BCUT2D eigenvalue weighted by molar-refractivity contribution is 6.04. The number of methoxy groups -OCH3 is 1. The van der Waals surface area contributed by atoms with E-state index in [1.807, 2.05) is 18.9 Å². The number of likely N-dealkylation sites (N-methyl/N-ethyl adjacent to an activating group) is 1. The molecule has 44 heavy (non-hydrogen) atoms. The molecule has 236 valence electrons. The predicted molar refractivity (Wildman–Crippen MR) is 161 cm³/mol. The lowest BCUT2D eigenvalue weighted by molar-refractivity contribution is -0.137. The number of anilines is 2. The van der Waals surface area contributed by atoms with Gasteiger partial charge in [-0.1, -0.05) is 25.1 Å². The van der Waals surface area contributed by atoms with E-state index >= 15 is 0 Å². The van der Waals surface area contributed by atoms with Crippen molar-refractivity contribution < 1.29 is 37.3 Å². The van der Waals surface area contributed by atoms with Gasteiger partial charge < -0.3 is 30.1 Å². The molecule has 9 nitrogen and oxygen atoms in total. The number of aliphatic hydroxyl groups excluding tert-OH is 1. The van der Waals surface area contributed by atoms with Gasteiger partial charge in [0.15, 0.2) is 5.75 Å². The lowest BCUT2D eigenvalue weighted by atomic mass is 9.98. The van der Waals surface area contributed by atoms with Crippen LogP contribution in [-0.2, 0) is 12.7 Å². The topological polar surface area (TPSA) is 103 Å². The number of fused-ring (bicyclic) bond motifs is 1. The zero-order valence-electron chi connectivity index (χ0n) is 25.0. The van der Waals surface area contributed by atoms with Gasteiger partial charge in [0.05, 0.1) is 36.6 Å². The summed E-state index contributed by atoms with van der Waals surface area (Å²) in [6.07, 6.45) is -4.89. The van der Waals surface area contributed by atoms with E-state index in [0.29, 0.717) is 36.6 Å². The molecule has 3 atom stereocenters. The van der Waals surface area contributed by atoms with Gasteiger partial charge in [0, 0.05) is 31.2 Å². The van der Waals surface area contributed by atoms with Crippen LogP contribution >= 0.6 is 0 Å². The summed E-state index contributed by atoms with van der Waals surface area (Å²) in [5.41, 5.74) is 1.02.